The Kier molecular flexibility index (Phi) is 5.67. The van der Waals surface area contributed by atoms with Gasteiger partial charge in [0.15, 0.2) is 0 Å². The molecule has 3 aliphatic rings. The number of aliphatic hydroxyl groups is 4. The minimum atomic E-state index is -2.32. The van der Waals surface area contributed by atoms with Gasteiger partial charge in [-0.05, 0) is 25.5 Å². The molecule has 1 unspecified atom stereocenters. The molecule has 154 valence electrons. The summed E-state index contributed by atoms with van der Waals surface area (Å²) in [7, 11) is 0. The highest BCUT2D eigenvalue weighted by molar-refractivity contribution is 7.99. The number of piperazine rings is 1. The van der Waals surface area contributed by atoms with E-state index in [-0.39, 0.29) is 13.0 Å². The van der Waals surface area contributed by atoms with Crippen LogP contribution in [0.4, 0.5) is 0 Å². The van der Waals surface area contributed by atoms with Crippen molar-refractivity contribution in [2.45, 2.75) is 41.4 Å². The van der Waals surface area contributed by atoms with Gasteiger partial charge in [-0.3, -0.25) is 14.6 Å². The molecule has 3 saturated heterocycles. The summed E-state index contributed by atoms with van der Waals surface area (Å²) in [6.45, 7) is 0.150. The third-order valence-electron chi connectivity index (χ3n) is 5.07. The van der Waals surface area contributed by atoms with Crippen LogP contribution in [0, 0.1) is 5.92 Å². The summed E-state index contributed by atoms with van der Waals surface area (Å²) in [5.41, 5.74) is -6.65. The second-order valence-electron chi connectivity index (χ2n) is 7.16. The van der Waals surface area contributed by atoms with Crippen molar-refractivity contribution in [1.82, 2.24) is 15.6 Å². The number of nitrogens with one attached hydrogen (secondary N) is 2. The smallest absolute Gasteiger partial charge is 0.278 e. The Morgan fingerprint density at radius 3 is 2.68 bits per heavy atom. The predicted molar refractivity (Wildman–Crippen MR) is 96.7 cm³/mol. The maximum Gasteiger partial charge on any atom is 0.278 e. The van der Waals surface area contributed by atoms with Crippen LogP contribution in [0.15, 0.2) is 29.4 Å². The molecule has 0 aliphatic carbocycles. The SMILES string of the molecule is C[C@](O)(CO)[C@H](O)[C@@]12NC(=O)[C@@](O)(NC1=O)C(CSc1ccncc1)CCO2. The molecule has 11 heteroatoms. The predicted octanol–water partition coefficient (Wildman–Crippen LogP) is -2.05. The number of hydrogen-bond donors (Lipinski definition) is 6. The van der Waals surface area contributed by atoms with Gasteiger partial charge in [0.1, 0.15) is 11.7 Å². The number of pyridine rings is 1. The number of thioether (sulfide) groups is 1. The first kappa shape index (κ1) is 21.0. The highest BCUT2D eigenvalue weighted by atomic mass is 32.2. The molecule has 2 bridgehead atoms. The van der Waals surface area contributed by atoms with Crippen LogP contribution in [0.2, 0.25) is 0 Å². The minimum absolute atomic E-state index is 0.0733. The van der Waals surface area contributed by atoms with Crippen LogP contribution < -0.4 is 10.6 Å². The van der Waals surface area contributed by atoms with Gasteiger partial charge in [0.05, 0.1) is 13.2 Å². The number of ether oxygens (including phenoxy) is 1. The first-order valence-corrected chi connectivity index (χ1v) is 9.70. The van der Waals surface area contributed by atoms with Crippen molar-refractivity contribution < 1.29 is 34.8 Å². The number of hydrogen-bond acceptors (Lipinski definition) is 9. The number of fused-ring (bicyclic) bond motifs is 5. The summed E-state index contributed by atoms with van der Waals surface area (Å²) >= 11 is 1.39. The molecule has 3 aliphatic heterocycles. The molecule has 6 N–H and O–H groups in total. The minimum Gasteiger partial charge on any atom is -0.393 e. The number of carbonyl (C=O) groups is 2. The lowest BCUT2D eigenvalue weighted by molar-refractivity contribution is -0.240. The summed E-state index contributed by atoms with van der Waals surface area (Å²) in [5.74, 6) is -2.33. The van der Waals surface area contributed by atoms with Gasteiger partial charge in [0.25, 0.3) is 17.5 Å². The summed E-state index contributed by atoms with van der Waals surface area (Å²) < 4.78 is 5.52. The number of aromatic nitrogens is 1. The van der Waals surface area contributed by atoms with E-state index in [1.54, 1.807) is 24.5 Å². The Bertz CT molecular complexity index is 750. The van der Waals surface area contributed by atoms with Crippen molar-refractivity contribution in [2.24, 2.45) is 5.92 Å². The van der Waals surface area contributed by atoms with E-state index in [1.807, 2.05) is 0 Å². The Morgan fingerprint density at radius 1 is 1.36 bits per heavy atom. The van der Waals surface area contributed by atoms with Gasteiger partial charge >= 0.3 is 0 Å². The van der Waals surface area contributed by atoms with Gasteiger partial charge in [-0.2, -0.15) is 0 Å². The first-order valence-electron chi connectivity index (χ1n) is 8.71. The van der Waals surface area contributed by atoms with Crippen molar-refractivity contribution in [1.29, 1.82) is 0 Å². The topological polar surface area (TPSA) is 161 Å². The van der Waals surface area contributed by atoms with E-state index in [4.69, 9.17) is 4.74 Å². The Labute approximate surface area is 165 Å². The Morgan fingerprint density at radius 2 is 2.04 bits per heavy atom. The highest BCUT2D eigenvalue weighted by Gasteiger charge is 2.64. The molecule has 0 aromatic carbocycles. The van der Waals surface area contributed by atoms with Gasteiger partial charge in [0, 0.05) is 29.0 Å². The molecule has 3 fully saturated rings. The van der Waals surface area contributed by atoms with E-state index in [1.165, 1.54) is 11.8 Å². The van der Waals surface area contributed by atoms with Gasteiger partial charge < -0.3 is 35.8 Å². The molecule has 1 aromatic heterocycles. The normalized spacial score (nSPS) is 33.2. The average molecular weight is 413 g/mol. The molecule has 0 spiro atoms. The Balaban J connectivity index is 1.84. The summed E-state index contributed by atoms with van der Waals surface area (Å²) in [5, 5.41) is 45.4. The second-order valence-corrected chi connectivity index (χ2v) is 8.25. The molecule has 4 heterocycles. The van der Waals surface area contributed by atoms with Crippen molar-refractivity contribution >= 4 is 23.6 Å². The van der Waals surface area contributed by atoms with Gasteiger partial charge in [-0.15, -0.1) is 11.8 Å². The zero-order valence-corrected chi connectivity index (χ0v) is 16.0. The van der Waals surface area contributed by atoms with E-state index in [2.05, 4.69) is 15.6 Å². The highest BCUT2D eigenvalue weighted by Crippen LogP contribution is 2.36. The quantitative estimate of drug-likeness (QED) is 0.288. The van der Waals surface area contributed by atoms with Crippen LogP contribution in [0.1, 0.15) is 13.3 Å². The molecule has 0 radical (unpaired) electrons. The summed E-state index contributed by atoms with van der Waals surface area (Å²) in [4.78, 5) is 30.3. The molecular formula is C17H23N3O7S. The molecule has 0 saturated carbocycles. The summed E-state index contributed by atoms with van der Waals surface area (Å²) in [6.07, 6.45) is 1.48. The fraction of sp³-hybridized carbons (Fsp3) is 0.588. The zero-order chi connectivity index (χ0) is 20.6. The number of rotatable bonds is 6. The van der Waals surface area contributed by atoms with E-state index in [0.717, 1.165) is 11.8 Å². The maximum atomic E-state index is 12.7. The standard InChI is InChI=1S/C17H23N3O7S/c1-15(25,9-21)12(22)17-14(24)19-16(26,13(23)20-17)10(4-7-27-17)8-28-11-2-5-18-6-3-11/h2-3,5-6,10,12,21-22,25-26H,4,7-9H2,1H3,(H,19,24)(H,20,23)/t10?,12-,15-,16+,17-/m0/s1. The van der Waals surface area contributed by atoms with Gasteiger partial charge in [-0.1, -0.05) is 0 Å². The molecule has 10 nitrogen and oxygen atoms in total. The third kappa shape index (κ3) is 3.49. The fourth-order valence-electron chi connectivity index (χ4n) is 3.23. The van der Waals surface area contributed by atoms with E-state index >= 15 is 0 Å². The molecule has 28 heavy (non-hydrogen) atoms. The molecule has 4 rings (SSSR count). The number of nitrogens with zero attached hydrogens (tertiary/aromatic N) is 1. The van der Waals surface area contributed by atoms with Crippen molar-refractivity contribution in [3.8, 4) is 0 Å². The Hall–Kier alpha value is -1.76. The lowest BCUT2D eigenvalue weighted by Crippen LogP contribution is -2.83. The lowest BCUT2D eigenvalue weighted by Gasteiger charge is -2.51. The van der Waals surface area contributed by atoms with Gasteiger partial charge in [-0.25, -0.2) is 0 Å². The number of carbonyl (C=O) groups excluding carboxylic acids is 2. The van der Waals surface area contributed by atoms with Crippen LogP contribution in [0.5, 0.6) is 0 Å². The molecule has 2 amide bonds. The number of aliphatic hydroxyl groups excluding tert-OH is 2. The third-order valence-corrected chi connectivity index (χ3v) is 6.24. The largest absolute Gasteiger partial charge is 0.393 e. The lowest BCUT2D eigenvalue weighted by atomic mass is 9.83. The van der Waals surface area contributed by atoms with Crippen LogP contribution in [0.3, 0.4) is 0 Å². The fourth-order valence-corrected chi connectivity index (χ4v) is 4.35. The van der Waals surface area contributed by atoms with Crippen LogP contribution in [0.25, 0.3) is 0 Å². The van der Waals surface area contributed by atoms with E-state index in [9.17, 15) is 30.0 Å². The monoisotopic (exact) mass is 413 g/mol. The molecular weight excluding hydrogens is 390 g/mol. The van der Waals surface area contributed by atoms with Crippen LogP contribution >= 0.6 is 11.8 Å². The maximum absolute atomic E-state index is 12.7. The van der Waals surface area contributed by atoms with Crippen LogP contribution in [-0.4, -0.2) is 79.3 Å². The van der Waals surface area contributed by atoms with Crippen molar-refractivity contribution in [2.75, 3.05) is 19.0 Å². The van der Waals surface area contributed by atoms with Crippen LogP contribution in [-0.2, 0) is 14.3 Å². The zero-order valence-electron chi connectivity index (χ0n) is 15.2. The average Bonchev–Trinajstić information content (AvgIpc) is 2.67. The van der Waals surface area contributed by atoms with E-state index < -0.39 is 47.5 Å². The van der Waals surface area contributed by atoms with E-state index in [0.29, 0.717) is 5.75 Å². The van der Waals surface area contributed by atoms with Gasteiger partial charge in [0.2, 0.25) is 5.72 Å². The molecule has 5 atom stereocenters. The van der Waals surface area contributed by atoms with Crippen molar-refractivity contribution in [3.63, 3.8) is 0 Å². The van der Waals surface area contributed by atoms with Crippen molar-refractivity contribution in [3.05, 3.63) is 24.5 Å². The number of amides is 2. The molecule has 1 aromatic rings. The first-order chi connectivity index (χ1) is 13.2. The second kappa shape index (κ2) is 7.58. The summed E-state index contributed by atoms with van der Waals surface area (Å²) in [6, 6.07) is 3.57.